The van der Waals surface area contributed by atoms with Crippen molar-refractivity contribution in [1.29, 1.82) is 0 Å². The SMILES string of the molecule is COc1cc(OC)cc(C(=O)/C(=C/c2ccccc2[N+](=O)[O-])c2nc3ccccc3o2)c1. The quantitative estimate of drug-likeness (QED) is 0.172. The molecule has 0 spiro atoms. The maximum atomic E-state index is 13.6. The van der Waals surface area contributed by atoms with Crippen LogP contribution in [0, 0.1) is 10.1 Å². The number of nitrogens with zero attached hydrogens (tertiary/aromatic N) is 2. The Balaban J connectivity index is 1.92. The largest absolute Gasteiger partial charge is 0.497 e. The summed E-state index contributed by atoms with van der Waals surface area (Å²) in [5.41, 5.74) is 1.48. The molecular formula is C24H18N2O6. The molecule has 0 unspecified atom stereocenters. The van der Waals surface area contributed by atoms with Crippen molar-refractivity contribution in [1.82, 2.24) is 4.98 Å². The molecule has 4 aromatic rings. The lowest BCUT2D eigenvalue weighted by molar-refractivity contribution is -0.385. The molecule has 0 saturated heterocycles. The molecule has 1 aromatic heterocycles. The Bertz CT molecular complexity index is 1300. The number of Topliss-reactive ketones (excluding diaryl/α,β-unsaturated/α-hetero) is 1. The fourth-order valence-electron chi connectivity index (χ4n) is 3.24. The molecule has 32 heavy (non-hydrogen) atoms. The number of ketones is 1. The van der Waals surface area contributed by atoms with Crippen LogP contribution in [0.25, 0.3) is 22.7 Å². The van der Waals surface area contributed by atoms with Crippen LogP contribution in [-0.4, -0.2) is 29.9 Å². The van der Waals surface area contributed by atoms with E-state index in [1.54, 1.807) is 60.7 Å². The van der Waals surface area contributed by atoms with Crippen molar-refractivity contribution in [3.63, 3.8) is 0 Å². The predicted octanol–water partition coefficient (Wildman–Crippen LogP) is 5.18. The molecule has 8 nitrogen and oxygen atoms in total. The van der Waals surface area contributed by atoms with Gasteiger partial charge in [-0.2, -0.15) is 0 Å². The van der Waals surface area contributed by atoms with E-state index in [1.165, 1.54) is 26.4 Å². The van der Waals surface area contributed by atoms with Crippen LogP contribution >= 0.6 is 0 Å². The van der Waals surface area contributed by atoms with E-state index >= 15 is 0 Å². The second-order valence-corrected chi connectivity index (χ2v) is 6.79. The van der Waals surface area contributed by atoms with Gasteiger partial charge in [-0.1, -0.05) is 24.3 Å². The number of ether oxygens (including phenoxy) is 2. The second kappa shape index (κ2) is 8.73. The molecule has 0 atom stereocenters. The lowest BCUT2D eigenvalue weighted by Crippen LogP contribution is -2.05. The highest BCUT2D eigenvalue weighted by molar-refractivity contribution is 6.32. The van der Waals surface area contributed by atoms with Gasteiger partial charge in [-0.05, 0) is 36.4 Å². The Morgan fingerprint density at radius 3 is 2.31 bits per heavy atom. The number of carbonyl (C=O) groups excluding carboxylic acids is 1. The van der Waals surface area contributed by atoms with Gasteiger partial charge in [-0.25, -0.2) is 4.98 Å². The van der Waals surface area contributed by atoms with Crippen LogP contribution in [0.5, 0.6) is 11.5 Å². The van der Waals surface area contributed by atoms with Crippen molar-refractivity contribution in [2.75, 3.05) is 14.2 Å². The van der Waals surface area contributed by atoms with Gasteiger partial charge in [0.25, 0.3) is 5.69 Å². The van der Waals surface area contributed by atoms with E-state index < -0.39 is 10.7 Å². The fraction of sp³-hybridized carbons (Fsp3) is 0.0833. The van der Waals surface area contributed by atoms with Crippen LogP contribution in [0.1, 0.15) is 21.8 Å². The van der Waals surface area contributed by atoms with Crippen LogP contribution in [0.4, 0.5) is 5.69 Å². The van der Waals surface area contributed by atoms with Gasteiger partial charge in [-0.3, -0.25) is 14.9 Å². The molecule has 0 radical (unpaired) electrons. The monoisotopic (exact) mass is 430 g/mol. The maximum absolute atomic E-state index is 13.6. The van der Waals surface area contributed by atoms with E-state index in [0.29, 0.717) is 22.6 Å². The summed E-state index contributed by atoms with van der Waals surface area (Å²) in [7, 11) is 2.96. The van der Waals surface area contributed by atoms with Crippen LogP contribution in [0.15, 0.2) is 71.1 Å². The number of fused-ring (bicyclic) bond motifs is 1. The van der Waals surface area contributed by atoms with Crippen LogP contribution < -0.4 is 9.47 Å². The van der Waals surface area contributed by atoms with Gasteiger partial charge in [-0.15, -0.1) is 0 Å². The van der Waals surface area contributed by atoms with Gasteiger partial charge < -0.3 is 13.9 Å². The molecule has 0 fully saturated rings. The lowest BCUT2D eigenvalue weighted by atomic mass is 9.99. The molecule has 160 valence electrons. The average Bonchev–Trinajstić information content (AvgIpc) is 3.25. The first kappa shape index (κ1) is 20.8. The lowest BCUT2D eigenvalue weighted by Gasteiger charge is -2.09. The number of allylic oxidation sites excluding steroid dienone is 1. The molecular weight excluding hydrogens is 412 g/mol. The maximum Gasteiger partial charge on any atom is 0.276 e. The summed E-state index contributed by atoms with van der Waals surface area (Å²) >= 11 is 0. The minimum Gasteiger partial charge on any atom is -0.497 e. The van der Waals surface area contributed by atoms with E-state index in [4.69, 9.17) is 13.9 Å². The van der Waals surface area contributed by atoms with Gasteiger partial charge >= 0.3 is 0 Å². The number of hydrogen-bond acceptors (Lipinski definition) is 7. The minimum absolute atomic E-state index is 0.0520. The predicted molar refractivity (Wildman–Crippen MR) is 119 cm³/mol. The molecule has 3 aromatic carbocycles. The fourth-order valence-corrected chi connectivity index (χ4v) is 3.24. The van der Waals surface area contributed by atoms with E-state index in [2.05, 4.69) is 4.98 Å². The third-order valence-corrected chi connectivity index (χ3v) is 4.82. The summed E-state index contributed by atoms with van der Waals surface area (Å²) in [6.07, 6.45) is 1.41. The van der Waals surface area contributed by atoms with Crippen LogP contribution in [0.2, 0.25) is 0 Å². The highest BCUT2D eigenvalue weighted by atomic mass is 16.6. The van der Waals surface area contributed by atoms with Crippen LogP contribution in [-0.2, 0) is 0 Å². The van der Waals surface area contributed by atoms with E-state index in [-0.39, 0.29) is 28.3 Å². The number of oxazole rings is 1. The van der Waals surface area contributed by atoms with Crippen LogP contribution in [0.3, 0.4) is 0 Å². The zero-order chi connectivity index (χ0) is 22.7. The summed E-state index contributed by atoms with van der Waals surface area (Å²) in [6.45, 7) is 0. The molecule has 1 heterocycles. The molecule has 0 saturated carbocycles. The molecule has 0 N–H and O–H groups in total. The standard InChI is InChI=1S/C24H18N2O6/c1-30-17-11-16(12-18(14-17)31-2)23(27)19(13-15-7-3-5-9-21(15)26(28)29)24-25-20-8-4-6-10-22(20)32-24/h3-14H,1-2H3/b19-13-. The average molecular weight is 430 g/mol. The zero-order valence-electron chi connectivity index (χ0n) is 17.3. The summed E-state index contributed by atoms with van der Waals surface area (Å²) in [5, 5.41) is 11.5. The van der Waals surface area contributed by atoms with Gasteiger partial charge in [0.2, 0.25) is 5.89 Å². The van der Waals surface area contributed by atoms with E-state index in [0.717, 1.165) is 0 Å². The summed E-state index contributed by atoms with van der Waals surface area (Å²) in [5.74, 6) is 0.452. The number of nitro benzene ring substituents is 1. The Morgan fingerprint density at radius 2 is 1.66 bits per heavy atom. The number of para-hydroxylation sites is 3. The summed E-state index contributed by atoms with van der Waals surface area (Å²) < 4.78 is 16.4. The Kier molecular flexibility index (Phi) is 5.67. The highest BCUT2D eigenvalue weighted by Crippen LogP contribution is 2.31. The van der Waals surface area contributed by atoms with Gasteiger partial charge in [0.1, 0.15) is 17.0 Å². The number of methoxy groups -OCH3 is 2. The van der Waals surface area contributed by atoms with E-state index in [9.17, 15) is 14.9 Å². The first-order chi connectivity index (χ1) is 15.5. The van der Waals surface area contributed by atoms with Crippen molar-refractivity contribution < 1.29 is 23.6 Å². The smallest absolute Gasteiger partial charge is 0.276 e. The van der Waals surface area contributed by atoms with Gasteiger partial charge in [0.15, 0.2) is 11.4 Å². The number of aromatic nitrogens is 1. The number of benzene rings is 3. The van der Waals surface area contributed by atoms with Crippen molar-refractivity contribution in [3.05, 3.63) is 93.9 Å². The number of carbonyl (C=O) groups is 1. The number of rotatable bonds is 7. The highest BCUT2D eigenvalue weighted by Gasteiger charge is 2.23. The van der Waals surface area contributed by atoms with E-state index in [1.807, 2.05) is 0 Å². The molecule has 8 heteroatoms. The Hall–Kier alpha value is -4.46. The molecule has 0 amide bonds. The molecule has 0 aliphatic carbocycles. The molecule has 0 aliphatic heterocycles. The van der Waals surface area contributed by atoms with Gasteiger partial charge in [0.05, 0.1) is 30.3 Å². The zero-order valence-corrected chi connectivity index (χ0v) is 17.3. The minimum atomic E-state index is -0.505. The Morgan fingerprint density at radius 1 is 1.00 bits per heavy atom. The topological polar surface area (TPSA) is 105 Å². The molecule has 4 rings (SSSR count). The third kappa shape index (κ3) is 4.06. The summed E-state index contributed by atoms with van der Waals surface area (Å²) in [4.78, 5) is 29.0. The first-order valence-electron chi connectivity index (χ1n) is 9.59. The van der Waals surface area contributed by atoms with Crippen molar-refractivity contribution >= 4 is 34.2 Å². The summed E-state index contributed by atoms with van der Waals surface area (Å²) in [6, 6.07) is 18.0. The second-order valence-electron chi connectivity index (χ2n) is 6.79. The Labute approximate surface area is 182 Å². The molecule has 0 bridgehead atoms. The number of nitro groups is 1. The normalized spacial score (nSPS) is 11.4. The van der Waals surface area contributed by atoms with Crippen molar-refractivity contribution in [3.8, 4) is 11.5 Å². The van der Waals surface area contributed by atoms with Crippen molar-refractivity contribution in [2.24, 2.45) is 0 Å². The molecule has 0 aliphatic rings. The van der Waals surface area contributed by atoms with Crippen molar-refractivity contribution in [2.45, 2.75) is 0 Å². The first-order valence-corrected chi connectivity index (χ1v) is 9.59. The number of hydrogen-bond donors (Lipinski definition) is 0. The van der Waals surface area contributed by atoms with Gasteiger partial charge in [0, 0.05) is 17.7 Å². The third-order valence-electron chi connectivity index (χ3n) is 4.82.